The number of carbonyl (C=O) groups is 1. The number of rotatable bonds is 5. The van der Waals surface area contributed by atoms with Gasteiger partial charge in [-0.3, -0.25) is 0 Å². The molecule has 3 nitrogen and oxygen atoms in total. The molecule has 0 aromatic heterocycles. The Hall–Kier alpha value is -0.831. The number of esters is 1. The van der Waals surface area contributed by atoms with Crippen LogP contribution in [0.4, 0.5) is 0 Å². The quantitative estimate of drug-likeness (QED) is 0.642. The van der Waals surface area contributed by atoms with Crippen molar-refractivity contribution in [2.75, 3.05) is 6.61 Å². The van der Waals surface area contributed by atoms with Gasteiger partial charge in [-0.15, -0.1) is 0 Å². The van der Waals surface area contributed by atoms with Gasteiger partial charge in [-0.05, 0) is 0 Å². The van der Waals surface area contributed by atoms with E-state index in [1.807, 2.05) is 25.1 Å². The van der Waals surface area contributed by atoms with Gasteiger partial charge >= 0.3 is 102 Å². The molecule has 88 valence electrons. The van der Waals surface area contributed by atoms with E-state index in [1.54, 1.807) is 0 Å². The summed E-state index contributed by atoms with van der Waals surface area (Å²) in [6.07, 6.45) is -0.580. The van der Waals surface area contributed by atoms with E-state index >= 15 is 0 Å². The Morgan fingerprint density at radius 3 is 2.62 bits per heavy atom. The number of aliphatic hydroxyl groups excluding tert-OH is 1. The summed E-state index contributed by atoms with van der Waals surface area (Å²) in [6.45, 7) is 3.41. The first kappa shape index (κ1) is 13.2. The third kappa shape index (κ3) is 4.79. The van der Waals surface area contributed by atoms with E-state index in [0.29, 0.717) is 0 Å². The van der Waals surface area contributed by atoms with Gasteiger partial charge in [-0.2, -0.15) is 0 Å². The SMILES string of the molecule is CC(=O)OCC(O)C(C)[Se]c1ccccc1. The molecule has 1 aromatic rings. The maximum atomic E-state index is 10.6. The van der Waals surface area contributed by atoms with Crippen LogP contribution in [0.2, 0.25) is 4.82 Å². The molecule has 0 aliphatic rings. The summed E-state index contributed by atoms with van der Waals surface area (Å²) in [7, 11) is 0. The average molecular weight is 287 g/mol. The molecule has 0 spiro atoms. The fraction of sp³-hybridized carbons (Fsp3) is 0.417. The van der Waals surface area contributed by atoms with Crippen LogP contribution in [-0.4, -0.2) is 38.7 Å². The molecule has 0 radical (unpaired) electrons. The van der Waals surface area contributed by atoms with Crippen molar-refractivity contribution in [1.29, 1.82) is 0 Å². The predicted octanol–water partition coefficient (Wildman–Crippen LogP) is 0.748. The summed E-state index contributed by atoms with van der Waals surface area (Å²) in [5.41, 5.74) is 0. The number of benzene rings is 1. The number of ether oxygens (including phenoxy) is 1. The fourth-order valence-corrected chi connectivity index (χ4v) is 3.18. The van der Waals surface area contributed by atoms with Crippen molar-refractivity contribution in [3.05, 3.63) is 30.3 Å². The Balaban J connectivity index is 2.39. The van der Waals surface area contributed by atoms with E-state index in [1.165, 1.54) is 11.4 Å². The van der Waals surface area contributed by atoms with Gasteiger partial charge in [0.15, 0.2) is 0 Å². The summed E-state index contributed by atoms with van der Waals surface area (Å²) in [6, 6.07) is 10.0. The Morgan fingerprint density at radius 1 is 1.44 bits per heavy atom. The minimum atomic E-state index is -0.580. The third-order valence-corrected chi connectivity index (χ3v) is 4.65. The second kappa shape index (κ2) is 6.69. The Labute approximate surface area is 102 Å². The topological polar surface area (TPSA) is 46.5 Å². The van der Waals surface area contributed by atoms with E-state index in [2.05, 4.69) is 12.1 Å². The van der Waals surface area contributed by atoms with Crippen molar-refractivity contribution in [3.63, 3.8) is 0 Å². The summed E-state index contributed by atoms with van der Waals surface area (Å²) in [5, 5.41) is 9.77. The van der Waals surface area contributed by atoms with Crippen molar-refractivity contribution in [2.45, 2.75) is 24.8 Å². The van der Waals surface area contributed by atoms with Crippen LogP contribution in [0.25, 0.3) is 0 Å². The van der Waals surface area contributed by atoms with Crippen LogP contribution in [0.5, 0.6) is 0 Å². The zero-order chi connectivity index (χ0) is 12.0. The molecule has 1 N–H and O–H groups in total. The van der Waals surface area contributed by atoms with E-state index in [0.717, 1.165) is 0 Å². The third-order valence-electron chi connectivity index (χ3n) is 2.06. The van der Waals surface area contributed by atoms with Gasteiger partial charge < -0.3 is 0 Å². The van der Waals surface area contributed by atoms with E-state index in [9.17, 15) is 9.90 Å². The second-order valence-corrected chi connectivity index (χ2v) is 6.55. The normalized spacial score (nSPS) is 14.2. The molecule has 0 saturated carbocycles. The van der Waals surface area contributed by atoms with Crippen molar-refractivity contribution >= 4 is 25.4 Å². The predicted molar refractivity (Wildman–Crippen MR) is 63.9 cm³/mol. The molecule has 0 bridgehead atoms. The second-order valence-electron chi connectivity index (χ2n) is 3.51. The average Bonchev–Trinajstić information content (AvgIpc) is 2.27. The fourth-order valence-electron chi connectivity index (χ4n) is 1.13. The number of carbonyl (C=O) groups excluding carboxylic acids is 1. The molecule has 0 aliphatic carbocycles. The molecule has 0 saturated heterocycles. The van der Waals surface area contributed by atoms with Gasteiger partial charge in [0.2, 0.25) is 0 Å². The maximum absolute atomic E-state index is 10.6. The van der Waals surface area contributed by atoms with Crippen molar-refractivity contribution in [1.82, 2.24) is 0 Å². The van der Waals surface area contributed by atoms with Crippen LogP contribution >= 0.6 is 0 Å². The first-order valence-corrected chi connectivity index (χ1v) is 6.97. The van der Waals surface area contributed by atoms with Crippen LogP contribution in [-0.2, 0) is 9.53 Å². The molecule has 1 rings (SSSR count). The number of aliphatic hydroxyl groups is 1. The van der Waals surface area contributed by atoms with Crippen molar-refractivity contribution < 1.29 is 14.6 Å². The van der Waals surface area contributed by atoms with Gasteiger partial charge in [0, 0.05) is 0 Å². The van der Waals surface area contributed by atoms with E-state index in [4.69, 9.17) is 4.74 Å². The van der Waals surface area contributed by atoms with Gasteiger partial charge in [0.25, 0.3) is 0 Å². The first-order chi connectivity index (χ1) is 7.59. The van der Waals surface area contributed by atoms with Crippen molar-refractivity contribution in [3.8, 4) is 0 Å². The molecule has 2 unspecified atom stereocenters. The van der Waals surface area contributed by atoms with Crippen molar-refractivity contribution in [2.24, 2.45) is 0 Å². The Bertz CT molecular complexity index is 326. The molecule has 0 amide bonds. The zero-order valence-corrected chi connectivity index (χ0v) is 11.1. The Kier molecular flexibility index (Phi) is 5.53. The first-order valence-electron chi connectivity index (χ1n) is 5.12. The van der Waals surface area contributed by atoms with Crippen LogP contribution in [0.15, 0.2) is 30.3 Å². The number of hydrogen-bond donors (Lipinski definition) is 1. The molecule has 16 heavy (non-hydrogen) atoms. The van der Waals surface area contributed by atoms with E-state index in [-0.39, 0.29) is 32.3 Å². The molecule has 4 heteroatoms. The number of hydrogen-bond acceptors (Lipinski definition) is 3. The van der Waals surface area contributed by atoms with Gasteiger partial charge in [-0.25, -0.2) is 0 Å². The molecular formula is C12H16O3Se. The molecule has 0 aliphatic heterocycles. The molecule has 0 fully saturated rings. The molecular weight excluding hydrogens is 271 g/mol. The van der Waals surface area contributed by atoms with Crippen LogP contribution in [0.1, 0.15) is 13.8 Å². The van der Waals surface area contributed by atoms with Gasteiger partial charge in [0.05, 0.1) is 0 Å². The monoisotopic (exact) mass is 288 g/mol. The van der Waals surface area contributed by atoms with E-state index < -0.39 is 6.10 Å². The zero-order valence-electron chi connectivity index (χ0n) is 9.42. The van der Waals surface area contributed by atoms with Crippen LogP contribution in [0, 0.1) is 0 Å². The van der Waals surface area contributed by atoms with Gasteiger partial charge in [-0.1, -0.05) is 0 Å². The molecule has 0 heterocycles. The Morgan fingerprint density at radius 2 is 2.06 bits per heavy atom. The summed E-state index contributed by atoms with van der Waals surface area (Å²) < 4.78 is 6.02. The van der Waals surface area contributed by atoms with Crippen LogP contribution in [0.3, 0.4) is 0 Å². The minimum absolute atomic E-state index is 0.0884. The summed E-state index contributed by atoms with van der Waals surface area (Å²) >= 11 is 0.195. The molecule has 2 atom stereocenters. The summed E-state index contributed by atoms with van der Waals surface area (Å²) in [4.78, 5) is 10.7. The standard InChI is InChI=1S/C12H16O3Se/c1-9(12(14)8-15-10(2)13)16-11-6-4-3-5-7-11/h3-7,9,12,14H,8H2,1-2H3. The summed E-state index contributed by atoms with van der Waals surface area (Å²) in [5.74, 6) is -0.349. The van der Waals surface area contributed by atoms with Crippen LogP contribution < -0.4 is 4.46 Å². The van der Waals surface area contributed by atoms with Gasteiger partial charge in [0.1, 0.15) is 0 Å². The molecule has 1 aromatic carbocycles.